The van der Waals surface area contributed by atoms with Crippen molar-refractivity contribution in [3.05, 3.63) is 66.0 Å². The van der Waals surface area contributed by atoms with Crippen LogP contribution in [0.5, 0.6) is 5.75 Å². The number of halogens is 1. The van der Waals surface area contributed by atoms with Gasteiger partial charge in [-0.1, -0.05) is 42.5 Å². The molecule has 2 aromatic carbocycles. The fourth-order valence-electron chi connectivity index (χ4n) is 1.49. The molecule has 0 fully saturated rings. The highest BCUT2D eigenvalue weighted by atomic mass is 19.1. The molecule has 0 saturated heterocycles. The van der Waals surface area contributed by atoms with Gasteiger partial charge in [-0.3, -0.25) is 0 Å². The van der Waals surface area contributed by atoms with Gasteiger partial charge in [0, 0.05) is 6.42 Å². The highest BCUT2D eigenvalue weighted by molar-refractivity contribution is 5.23. The average molecular weight is 216 g/mol. The Morgan fingerprint density at radius 2 is 1.56 bits per heavy atom. The number of para-hydroxylation sites is 1. The highest BCUT2D eigenvalue weighted by Crippen LogP contribution is 2.15. The van der Waals surface area contributed by atoms with Crippen LogP contribution in [0.2, 0.25) is 0 Å². The van der Waals surface area contributed by atoms with Crippen molar-refractivity contribution in [2.75, 3.05) is 6.61 Å². The molecule has 0 heterocycles. The molecule has 0 N–H and O–H groups in total. The zero-order chi connectivity index (χ0) is 11.2. The van der Waals surface area contributed by atoms with Crippen LogP contribution in [0.15, 0.2) is 54.6 Å². The zero-order valence-electron chi connectivity index (χ0n) is 8.90. The summed E-state index contributed by atoms with van der Waals surface area (Å²) in [7, 11) is 0. The zero-order valence-corrected chi connectivity index (χ0v) is 8.90. The van der Waals surface area contributed by atoms with Crippen molar-refractivity contribution in [3.8, 4) is 5.75 Å². The molecule has 0 unspecified atom stereocenters. The molecule has 0 amide bonds. The number of hydrogen-bond donors (Lipinski definition) is 0. The minimum atomic E-state index is -0.310. The van der Waals surface area contributed by atoms with E-state index in [2.05, 4.69) is 0 Å². The van der Waals surface area contributed by atoms with E-state index < -0.39 is 0 Å². The fraction of sp³-hybridized carbons (Fsp3) is 0.143. The maximum Gasteiger partial charge on any atom is 0.165 e. The Balaban J connectivity index is 1.87. The number of ether oxygens (including phenoxy) is 1. The first-order chi connectivity index (χ1) is 7.86. The Labute approximate surface area is 94.5 Å². The molecule has 82 valence electrons. The smallest absolute Gasteiger partial charge is 0.165 e. The second-order valence-corrected chi connectivity index (χ2v) is 3.51. The minimum Gasteiger partial charge on any atom is -0.490 e. The van der Waals surface area contributed by atoms with Gasteiger partial charge in [-0.05, 0) is 17.7 Å². The van der Waals surface area contributed by atoms with Crippen LogP contribution in [0.3, 0.4) is 0 Å². The maximum absolute atomic E-state index is 13.2. The first kappa shape index (κ1) is 10.7. The predicted octanol–water partition coefficient (Wildman–Crippen LogP) is 3.45. The average Bonchev–Trinajstić information content (AvgIpc) is 2.33. The molecular formula is C14H13FO. The standard InChI is InChI=1S/C14H13FO/c15-13-8-4-5-9-14(13)16-11-10-12-6-2-1-3-7-12/h1-9H,10-11H2. The van der Waals surface area contributed by atoms with Crippen LogP contribution in [0, 0.1) is 5.82 Å². The maximum atomic E-state index is 13.2. The van der Waals surface area contributed by atoms with Gasteiger partial charge in [0.2, 0.25) is 0 Å². The Kier molecular flexibility index (Phi) is 3.54. The van der Waals surface area contributed by atoms with E-state index in [0.29, 0.717) is 12.4 Å². The first-order valence-electron chi connectivity index (χ1n) is 5.27. The molecule has 0 aliphatic heterocycles. The summed E-state index contributed by atoms with van der Waals surface area (Å²) < 4.78 is 18.6. The molecule has 0 spiro atoms. The molecule has 2 heteroatoms. The molecule has 0 aromatic heterocycles. The molecule has 2 rings (SSSR count). The largest absolute Gasteiger partial charge is 0.490 e. The number of benzene rings is 2. The lowest BCUT2D eigenvalue weighted by Gasteiger charge is -2.06. The lowest BCUT2D eigenvalue weighted by Crippen LogP contribution is -2.02. The number of hydrogen-bond acceptors (Lipinski definition) is 1. The third-order valence-electron chi connectivity index (χ3n) is 2.33. The quantitative estimate of drug-likeness (QED) is 0.760. The Morgan fingerprint density at radius 3 is 2.31 bits per heavy atom. The Bertz CT molecular complexity index is 439. The Hall–Kier alpha value is -1.83. The summed E-state index contributed by atoms with van der Waals surface area (Å²) in [6.45, 7) is 0.491. The van der Waals surface area contributed by atoms with Gasteiger partial charge < -0.3 is 4.74 Å². The SMILES string of the molecule is Fc1ccccc1OCCc1ccccc1. The summed E-state index contributed by atoms with van der Waals surface area (Å²) in [5.74, 6) is 0.00833. The van der Waals surface area contributed by atoms with Crippen LogP contribution >= 0.6 is 0 Å². The molecule has 0 aliphatic rings. The van der Waals surface area contributed by atoms with Crippen molar-refractivity contribution in [1.82, 2.24) is 0 Å². The van der Waals surface area contributed by atoms with E-state index in [1.807, 2.05) is 30.3 Å². The lowest BCUT2D eigenvalue weighted by atomic mass is 10.2. The summed E-state index contributed by atoms with van der Waals surface area (Å²) in [4.78, 5) is 0. The topological polar surface area (TPSA) is 9.23 Å². The normalized spacial score (nSPS) is 10.1. The first-order valence-corrected chi connectivity index (χ1v) is 5.27. The summed E-state index contributed by atoms with van der Waals surface area (Å²) in [5, 5.41) is 0. The van der Waals surface area contributed by atoms with Crippen LogP contribution < -0.4 is 4.74 Å². The van der Waals surface area contributed by atoms with Gasteiger partial charge in [-0.2, -0.15) is 0 Å². The van der Waals surface area contributed by atoms with Crippen molar-refractivity contribution in [3.63, 3.8) is 0 Å². The third kappa shape index (κ3) is 2.83. The summed E-state index contributed by atoms with van der Waals surface area (Å²) in [6.07, 6.45) is 0.787. The highest BCUT2D eigenvalue weighted by Gasteiger charge is 2.00. The minimum absolute atomic E-state index is 0.310. The summed E-state index contributed by atoms with van der Waals surface area (Å²) in [5.41, 5.74) is 1.19. The predicted molar refractivity (Wildman–Crippen MR) is 62.0 cm³/mol. The fourth-order valence-corrected chi connectivity index (χ4v) is 1.49. The van der Waals surface area contributed by atoms with Crippen molar-refractivity contribution in [2.24, 2.45) is 0 Å². The van der Waals surface area contributed by atoms with Crippen molar-refractivity contribution < 1.29 is 9.13 Å². The van der Waals surface area contributed by atoms with Gasteiger partial charge >= 0.3 is 0 Å². The van der Waals surface area contributed by atoms with Crippen LogP contribution in [-0.2, 0) is 6.42 Å². The van der Waals surface area contributed by atoms with Crippen LogP contribution in [0.25, 0.3) is 0 Å². The molecule has 16 heavy (non-hydrogen) atoms. The molecule has 0 saturated carbocycles. The van der Waals surface area contributed by atoms with Gasteiger partial charge in [0.25, 0.3) is 0 Å². The summed E-state index contributed by atoms with van der Waals surface area (Å²) >= 11 is 0. The second kappa shape index (κ2) is 5.31. The van der Waals surface area contributed by atoms with Crippen LogP contribution in [0.4, 0.5) is 4.39 Å². The number of rotatable bonds is 4. The van der Waals surface area contributed by atoms with E-state index in [-0.39, 0.29) is 5.82 Å². The van der Waals surface area contributed by atoms with E-state index in [1.54, 1.807) is 18.2 Å². The van der Waals surface area contributed by atoms with Crippen molar-refractivity contribution >= 4 is 0 Å². The van der Waals surface area contributed by atoms with E-state index in [9.17, 15) is 4.39 Å². The molecule has 0 aliphatic carbocycles. The van der Waals surface area contributed by atoms with Crippen molar-refractivity contribution in [1.29, 1.82) is 0 Å². The van der Waals surface area contributed by atoms with Crippen LogP contribution in [0.1, 0.15) is 5.56 Å². The van der Waals surface area contributed by atoms with Gasteiger partial charge in [-0.15, -0.1) is 0 Å². The van der Waals surface area contributed by atoms with Gasteiger partial charge in [0.15, 0.2) is 11.6 Å². The van der Waals surface area contributed by atoms with Crippen LogP contribution in [-0.4, -0.2) is 6.61 Å². The lowest BCUT2D eigenvalue weighted by molar-refractivity contribution is 0.305. The van der Waals surface area contributed by atoms with E-state index in [0.717, 1.165) is 6.42 Å². The van der Waals surface area contributed by atoms with Gasteiger partial charge in [0.1, 0.15) is 0 Å². The molecular weight excluding hydrogens is 203 g/mol. The second-order valence-electron chi connectivity index (χ2n) is 3.51. The van der Waals surface area contributed by atoms with E-state index >= 15 is 0 Å². The van der Waals surface area contributed by atoms with Gasteiger partial charge in [-0.25, -0.2) is 4.39 Å². The monoisotopic (exact) mass is 216 g/mol. The Morgan fingerprint density at radius 1 is 0.875 bits per heavy atom. The molecule has 2 aromatic rings. The van der Waals surface area contributed by atoms with E-state index in [4.69, 9.17) is 4.74 Å². The molecule has 0 bridgehead atoms. The third-order valence-corrected chi connectivity index (χ3v) is 2.33. The van der Waals surface area contributed by atoms with Crippen molar-refractivity contribution in [2.45, 2.75) is 6.42 Å². The summed E-state index contributed by atoms with van der Waals surface area (Å²) in [6, 6.07) is 16.5. The van der Waals surface area contributed by atoms with E-state index in [1.165, 1.54) is 11.6 Å². The molecule has 0 radical (unpaired) electrons. The van der Waals surface area contributed by atoms with Gasteiger partial charge in [0.05, 0.1) is 6.61 Å². The molecule has 0 atom stereocenters. The molecule has 1 nitrogen and oxygen atoms in total.